The van der Waals surface area contributed by atoms with Crippen molar-refractivity contribution in [3.05, 3.63) is 37.3 Å². The summed E-state index contributed by atoms with van der Waals surface area (Å²) in [6.07, 6.45) is 1.21. The van der Waals surface area contributed by atoms with Crippen molar-refractivity contribution in [2.45, 2.75) is 72.6 Å². The van der Waals surface area contributed by atoms with Gasteiger partial charge in [-0.3, -0.25) is 24.5 Å². The van der Waals surface area contributed by atoms with Crippen molar-refractivity contribution in [1.29, 1.82) is 0 Å². The lowest BCUT2D eigenvalue weighted by Gasteiger charge is -2.38. The highest BCUT2D eigenvalue weighted by Gasteiger charge is 2.49. The molecule has 0 aromatic carbocycles. The number of Topliss-reactive ketones (excluding diaryl/α,β-unsaturated/α-hetero) is 3. The van der Waals surface area contributed by atoms with Crippen LogP contribution in [0.5, 0.6) is 0 Å². The molecule has 2 aliphatic carbocycles. The average molecular weight is 448 g/mol. The number of rotatable bonds is 5. The molecule has 1 saturated carbocycles. The number of hydrogen-bond acceptors (Lipinski definition) is 7. The van der Waals surface area contributed by atoms with Crippen molar-refractivity contribution in [3.8, 4) is 0 Å². The third-order valence-corrected chi connectivity index (χ3v) is 7.52. The number of hydrogen-bond donors (Lipinski definition) is 1. The zero-order chi connectivity index (χ0) is 23.3. The smallest absolute Gasteiger partial charge is 0.283 e. The number of nitrogens with zero attached hydrogens (tertiary/aromatic N) is 1. The Morgan fingerprint density at radius 3 is 2.10 bits per heavy atom. The quantitative estimate of drug-likeness (QED) is 0.382. The van der Waals surface area contributed by atoms with Crippen molar-refractivity contribution in [2.75, 3.05) is 0 Å². The zero-order valence-corrected chi connectivity index (χ0v) is 19.4. The summed E-state index contributed by atoms with van der Waals surface area (Å²) in [7, 11) is 0. The average Bonchev–Trinajstić information content (AvgIpc) is 3.01. The SMILES string of the molecule is CCc1sc(C(C2=C(O)CC(C)(C)CC2=O)C2C(=O)CC(C)(C)CC2=O)cc1[N+](=O)[O-]. The van der Waals surface area contributed by atoms with Gasteiger partial charge in [-0.15, -0.1) is 11.3 Å². The maximum absolute atomic E-state index is 13.1. The molecule has 0 saturated heterocycles. The molecule has 1 N–H and O–H groups in total. The minimum absolute atomic E-state index is 0.0736. The lowest BCUT2D eigenvalue weighted by atomic mass is 9.64. The highest BCUT2D eigenvalue weighted by Crippen LogP contribution is 2.50. The normalized spacial score (nSPS) is 22.7. The van der Waals surface area contributed by atoms with Crippen molar-refractivity contribution in [1.82, 2.24) is 0 Å². The Kier molecular flexibility index (Phi) is 5.99. The van der Waals surface area contributed by atoms with Crippen LogP contribution in [-0.2, 0) is 20.8 Å². The molecule has 1 heterocycles. The molecule has 3 rings (SSSR count). The predicted octanol–water partition coefficient (Wildman–Crippen LogP) is 5.08. The van der Waals surface area contributed by atoms with Crippen molar-refractivity contribution >= 4 is 34.4 Å². The summed E-state index contributed by atoms with van der Waals surface area (Å²) < 4.78 is 0. The molecule has 0 aliphatic heterocycles. The minimum atomic E-state index is -1.11. The zero-order valence-electron chi connectivity index (χ0n) is 18.6. The summed E-state index contributed by atoms with van der Waals surface area (Å²) in [4.78, 5) is 51.4. The van der Waals surface area contributed by atoms with Gasteiger partial charge in [0.05, 0.1) is 15.7 Å². The number of carbonyl (C=O) groups excluding carboxylic acids is 3. The molecule has 0 bridgehead atoms. The maximum atomic E-state index is 13.1. The monoisotopic (exact) mass is 447 g/mol. The van der Waals surface area contributed by atoms with Crippen molar-refractivity contribution < 1.29 is 24.4 Å². The highest BCUT2D eigenvalue weighted by molar-refractivity contribution is 7.12. The molecule has 1 fully saturated rings. The van der Waals surface area contributed by atoms with Crippen LogP contribution >= 0.6 is 11.3 Å². The van der Waals surface area contributed by atoms with Crippen LogP contribution in [0, 0.1) is 26.9 Å². The van der Waals surface area contributed by atoms with Gasteiger partial charge in [-0.1, -0.05) is 34.6 Å². The molecular formula is C23H29NO6S. The van der Waals surface area contributed by atoms with E-state index in [0.29, 0.717) is 16.2 Å². The second kappa shape index (κ2) is 7.97. The summed E-state index contributed by atoms with van der Waals surface area (Å²) in [6.45, 7) is 9.24. The van der Waals surface area contributed by atoms with E-state index in [-0.39, 0.29) is 60.1 Å². The Labute approximate surface area is 185 Å². The van der Waals surface area contributed by atoms with Crippen LogP contribution in [0.1, 0.15) is 76.0 Å². The number of thiophene rings is 1. The molecule has 31 heavy (non-hydrogen) atoms. The van der Waals surface area contributed by atoms with Crippen LogP contribution in [0.2, 0.25) is 0 Å². The van der Waals surface area contributed by atoms with Gasteiger partial charge in [0.15, 0.2) is 5.78 Å². The first-order chi connectivity index (χ1) is 14.3. The lowest BCUT2D eigenvalue weighted by Crippen LogP contribution is -2.42. The summed E-state index contributed by atoms with van der Waals surface area (Å²) in [6, 6.07) is 1.38. The second-order valence-corrected chi connectivity index (χ2v) is 11.4. The van der Waals surface area contributed by atoms with Crippen LogP contribution in [-0.4, -0.2) is 27.4 Å². The molecule has 1 atom stereocenters. The summed E-state index contributed by atoms with van der Waals surface area (Å²) in [5, 5.41) is 22.4. The van der Waals surface area contributed by atoms with Gasteiger partial charge in [0, 0.05) is 48.1 Å². The number of nitro groups is 1. The van der Waals surface area contributed by atoms with E-state index in [9.17, 15) is 29.6 Å². The van der Waals surface area contributed by atoms with Crippen LogP contribution in [0.15, 0.2) is 17.4 Å². The van der Waals surface area contributed by atoms with Gasteiger partial charge in [-0.2, -0.15) is 0 Å². The molecule has 0 spiro atoms. The highest BCUT2D eigenvalue weighted by atomic mass is 32.1. The van der Waals surface area contributed by atoms with Crippen molar-refractivity contribution in [3.63, 3.8) is 0 Å². The van der Waals surface area contributed by atoms with E-state index >= 15 is 0 Å². The number of aryl methyl sites for hydroxylation is 1. The van der Waals surface area contributed by atoms with Gasteiger partial charge < -0.3 is 5.11 Å². The lowest BCUT2D eigenvalue weighted by molar-refractivity contribution is -0.385. The van der Waals surface area contributed by atoms with Crippen LogP contribution in [0.25, 0.3) is 0 Å². The van der Waals surface area contributed by atoms with Gasteiger partial charge in [0.2, 0.25) is 0 Å². The molecule has 1 aromatic rings. The van der Waals surface area contributed by atoms with Crippen LogP contribution in [0.4, 0.5) is 5.69 Å². The largest absolute Gasteiger partial charge is 0.512 e. The Morgan fingerprint density at radius 2 is 1.65 bits per heavy atom. The van der Waals surface area contributed by atoms with Gasteiger partial charge in [-0.25, -0.2) is 0 Å². The topological polar surface area (TPSA) is 115 Å². The van der Waals surface area contributed by atoms with Crippen LogP contribution in [0.3, 0.4) is 0 Å². The van der Waals surface area contributed by atoms with Gasteiger partial charge in [0.25, 0.3) is 5.69 Å². The molecule has 0 radical (unpaired) electrons. The molecule has 1 aromatic heterocycles. The Bertz CT molecular complexity index is 980. The maximum Gasteiger partial charge on any atom is 0.283 e. The molecular weight excluding hydrogens is 418 g/mol. The summed E-state index contributed by atoms with van der Waals surface area (Å²) in [5.74, 6) is -3.08. The number of ketones is 3. The van der Waals surface area contributed by atoms with E-state index in [2.05, 4.69) is 0 Å². The molecule has 0 amide bonds. The van der Waals surface area contributed by atoms with E-state index in [4.69, 9.17) is 0 Å². The first-order valence-electron chi connectivity index (χ1n) is 10.5. The first kappa shape index (κ1) is 23.3. The fraction of sp³-hybridized carbons (Fsp3) is 0.609. The number of aliphatic hydroxyl groups is 1. The van der Waals surface area contributed by atoms with E-state index in [1.807, 2.05) is 27.7 Å². The fourth-order valence-corrected chi connectivity index (χ4v) is 6.12. The summed E-state index contributed by atoms with van der Waals surface area (Å²) in [5.41, 5.74) is -0.912. The third-order valence-electron chi connectivity index (χ3n) is 6.17. The Hall–Kier alpha value is -2.35. The number of allylic oxidation sites excluding steroid dienone is 2. The second-order valence-electron chi connectivity index (χ2n) is 10.3. The summed E-state index contributed by atoms with van der Waals surface area (Å²) >= 11 is 1.15. The molecule has 8 heteroatoms. The number of aliphatic hydroxyl groups excluding tert-OH is 1. The number of carbonyl (C=O) groups is 3. The molecule has 1 unspecified atom stereocenters. The predicted molar refractivity (Wildman–Crippen MR) is 117 cm³/mol. The first-order valence-corrected chi connectivity index (χ1v) is 11.4. The molecule has 168 valence electrons. The Balaban J connectivity index is 2.21. The van der Waals surface area contributed by atoms with Gasteiger partial charge >= 0.3 is 0 Å². The Morgan fingerprint density at radius 1 is 1.10 bits per heavy atom. The third kappa shape index (κ3) is 4.49. The van der Waals surface area contributed by atoms with Gasteiger partial charge in [-0.05, 0) is 17.3 Å². The van der Waals surface area contributed by atoms with E-state index < -0.39 is 27.6 Å². The standard InChI is InChI=1S/C23H29NO6S/c1-6-17-12(24(29)30)7-18(31-17)21(19-13(25)8-22(2,3)9-14(19)26)20-15(27)10-23(4,5)11-16(20)28/h7,19,21,27H,6,8-11H2,1-5H3. The van der Waals surface area contributed by atoms with E-state index in [0.717, 1.165) is 11.3 Å². The molecule has 2 aliphatic rings. The van der Waals surface area contributed by atoms with Crippen molar-refractivity contribution in [2.24, 2.45) is 16.7 Å². The molecule has 7 nitrogen and oxygen atoms in total. The minimum Gasteiger partial charge on any atom is -0.512 e. The van der Waals surface area contributed by atoms with E-state index in [1.54, 1.807) is 6.92 Å². The van der Waals surface area contributed by atoms with E-state index in [1.165, 1.54) is 6.07 Å². The van der Waals surface area contributed by atoms with Gasteiger partial charge in [0.1, 0.15) is 17.3 Å². The fourth-order valence-electron chi connectivity index (χ4n) is 4.91. The van der Waals surface area contributed by atoms with Crippen LogP contribution < -0.4 is 0 Å².